The van der Waals surface area contributed by atoms with Gasteiger partial charge in [-0.2, -0.15) is 13.2 Å². The van der Waals surface area contributed by atoms with Crippen molar-refractivity contribution in [2.24, 2.45) is 0 Å². The van der Waals surface area contributed by atoms with Gasteiger partial charge in [0.2, 0.25) is 5.91 Å². The standard InChI is InChI=1S/C22H24F4N2O5/c1-5-15(18(30)27-17(16(29)11-23)20(32)33-21(2,3)4)28-9-8-12-10-13(22(24,25)26)6-7-14(12)19(28)31/h6-10,15,17H,5,11H2,1-4H3,(H,27,30)/t15-,17?/m0/s1. The number of nitrogens with zero attached hydrogens (tertiary/aromatic N) is 1. The largest absolute Gasteiger partial charge is 0.458 e. The summed E-state index contributed by atoms with van der Waals surface area (Å²) in [6, 6.07) is 0.703. The Morgan fingerprint density at radius 3 is 2.27 bits per heavy atom. The molecule has 0 saturated heterocycles. The monoisotopic (exact) mass is 472 g/mol. The molecule has 2 aromatic rings. The predicted octanol–water partition coefficient (Wildman–Crippen LogP) is 3.34. The van der Waals surface area contributed by atoms with Crippen LogP contribution in [0.4, 0.5) is 17.6 Å². The van der Waals surface area contributed by atoms with Gasteiger partial charge >= 0.3 is 12.1 Å². The average Bonchev–Trinajstić information content (AvgIpc) is 2.71. The zero-order valence-electron chi connectivity index (χ0n) is 18.5. The van der Waals surface area contributed by atoms with Crippen LogP contribution in [0.25, 0.3) is 10.8 Å². The number of rotatable bonds is 7. The molecule has 0 bridgehead atoms. The van der Waals surface area contributed by atoms with Gasteiger partial charge in [0.25, 0.3) is 5.56 Å². The number of ketones is 1. The van der Waals surface area contributed by atoms with E-state index >= 15 is 0 Å². The third-order valence-corrected chi connectivity index (χ3v) is 4.67. The maximum Gasteiger partial charge on any atom is 0.416 e. The molecule has 1 unspecified atom stereocenters. The summed E-state index contributed by atoms with van der Waals surface area (Å²) in [5, 5.41) is 2.11. The molecule has 0 aliphatic rings. The Bertz CT molecular complexity index is 1120. The van der Waals surface area contributed by atoms with Gasteiger partial charge in [0.15, 0.2) is 18.5 Å². The molecule has 2 atom stereocenters. The molecule has 0 fully saturated rings. The van der Waals surface area contributed by atoms with Crippen molar-refractivity contribution in [2.75, 3.05) is 6.67 Å². The van der Waals surface area contributed by atoms with Gasteiger partial charge < -0.3 is 14.6 Å². The number of ether oxygens (including phenoxy) is 1. The van der Waals surface area contributed by atoms with Crippen molar-refractivity contribution in [2.45, 2.75) is 58.0 Å². The molecular weight excluding hydrogens is 448 g/mol. The van der Waals surface area contributed by atoms with Crippen LogP contribution in [0, 0.1) is 0 Å². The average molecular weight is 472 g/mol. The lowest BCUT2D eigenvalue weighted by Crippen LogP contribution is -2.52. The van der Waals surface area contributed by atoms with Crippen molar-refractivity contribution < 1.29 is 36.7 Å². The quantitative estimate of drug-likeness (QED) is 0.379. The zero-order valence-corrected chi connectivity index (χ0v) is 18.5. The number of amides is 1. The summed E-state index contributed by atoms with van der Waals surface area (Å²) < 4.78 is 57.9. The van der Waals surface area contributed by atoms with E-state index in [1.807, 2.05) is 0 Å². The first-order valence-corrected chi connectivity index (χ1v) is 10.0. The minimum atomic E-state index is -4.59. The maximum absolute atomic E-state index is 13.0. The van der Waals surface area contributed by atoms with Crippen LogP contribution in [0.2, 0.25) is 0 Å². The SMILES string of the molecule is CC[C@@H](C(=O)NC(C(=O)CF)C(=O)OC(C)(C)C)n1ccc2cc(C(F)(F)F)ccc2c1=O. The second kappa shape index (κ2) is 9.72. The molecule has 1 aromatic heterocycles. The Morgan fingerprint density at radius 1 is 1.12 bits per heavy atom. The summed E-state index contributed by atoms with van der Waals surface area (Å²) in [6.07, 6.45) is -3.41. The number of carbonyl (C=O) groups is 3. The number of alkyl halides is 4. The van der Waals surface area contributed by atoms with E-state index in [0.717, 1.165) is 29.0 Å². The van der Waals surface area contributed by atoms with Gasteiger partial charge in [-0.25, -0.2) is 9.18 Å². The van der Waals surface area contributed by atoms with Crippen molar-refractivity contribution in [3.63, 3.8) is 0 Å². The highest BCUT2D eigenvalue weighted by Gasteiger charge is 2.35. The van der Waals surface area contributed by atoms with Crippen molar-refractivity contribution in [3.8, 4) is 0 Å². The van der Waals surface area contributed by atoms with Crippen LogP contribution in [0.3, 0.4) is 0 Å². The lowest BCUT2D eigenvalue weighted by Gasteiger charge is -2.25. The van der Waals surface area contributed by atoms with Gasteiger partial charge in [0.05, 0.1) is 5.56 Å². The molecule has 0 aliphatic heterocycles. The zero-order chi connectivity index (χ0) is 25.1. The predicted molar refractivity (Wildman–Crippen MR) is 111 cm³/mol. The number of benzene rings is 1. The third kappa shape index (κ3) is 6.17. The number of nitrogens with one attached hydrogen (secondary N) is 1. The van der Waals surface area contributed by atoms with Gasteiger partial charge in [0.1, 0.15) is 11.6 Å². The van der Waals surface area contributed by atoms with Crippen LogP contribution in [-0.4, -0.2) is 40.5 Å². The van der Waals surface area contributed by atoms with E-state index in [9.17, 15) is 36.7 Å². The highest BCUT2D eigenvalue weighted by atomic mass is 19.4. The van der Waals surface area contributed by atoms with Gasteiger partial charge in [0, 0.05) is 11.6 Å². The fourth-order valence-electron chi connectivity index (χ4n) is 3.14. The molecule has 1 amide bonds. The molecule has 1 heterocycles. The first kappa shape index (κ1) is 26.0. The fourth-order valence-corrected chi connectivity index (χ4v) is 3.14. The molecule has 0 radical (unpaired) electrons. The molecular formula is C22H24F4N2O5. The van der Waals surface area contributed by atoms with Crippen LogP contribution < -0.4 is 10.9 Å². The summed E-state index contributed by atoms with van der Waals surface area (Å²) in [5.74, 6) is -3.31. The second-order valence-electron chi connectivity index (χ2n) is 8.33. The van der Waals surface area contributed by atoms with Gasteiger partial charge in [-0.05, 0) is 56.8 Å². The number of halogens is 4. The topological polar surface area (TPSA) is 94.5 Å². The Labute approximate surface area is 186 Å². The molecule has 1 aromatic carbocycles. The van der Waals surface area contributed by atoms with Crippen LogP contribution >= 0.6 is 0 Å². The minimum absolute atomic E-state index is 0.0283. The number of Topliss-reactive ketones (excluding diaryl/α,β-unsaturated/α-hetero) is 1. The lowest BCUT2D eigenvalue weighted by molar-refractivity contribution is -0.161. The Balaban J connectivity index is 2.40. The first-order chi connectivity index (χ1) is 15.2. The molecule has 11 heteroatoms. The second-order valence-corrected chi connectivity index (χ2v) is 8.33. The van der Waals surface area contributed by atoms with E-state index in [4.69, 9.17) is 4.74 Å². The molecule has 7 nitrogen and oxygen atoms in total. The lowest BCUT2D eigenvalue weighted by atomic mass is 10.1. The Kier molecular flexibility index (Phi) is 7.66. The molecule has 0 aliphatic carbocycles. The van der Waals surface area contributed by atoms with E-state index in [-0.39, 0.29) is 17.2 Å². The van der Waals surface area contributed by atoms with E-state index in [1.54, 1.807) is 6.92 Å². The van der Waals surface area contributed by atoms with Gasteiger partial charge in [-0.15, -0.1) is 0 Å². The minimum Gasteiger partial charge on any atom is -0.458 e. The molecule has 180 valence electrons. The number of aromatic nitrogens is 1. The molecule has 1 N–H and O–H groups in total. The van der Waals surface area contributed by atoms with E-state index in [1.165, 1.54) is 26.8 Å². The summed E-state index contributed by atoms with van der Waals surface area (Å²) in [5.41, 5.74) is -2.68. The molecule has 0 saturated carbocycles. The number of esters is 1. The normalized spacial score (nSPS) is 13.9. The number of hydrogen-bond acceptors (Lipinski definition) is 5. The van der Waals surface area contributed by atoms with Crippen molar-refractivity contribution in [1.29, 1.82) is 0 Å². The maximum atomic E-state index is 13.0. The number of hydrogen-bond donors (Lipinski definition) is 1. The molecule has 0 spiro atoms. The van der Waals surface area contributed by atoms with E-state index in [2.05, 4.69) is 5.32 Å². The van der Waals surface area contributed by atoms with Crippen LogP contribution in [0.15, 0.2) is 35.3 Å². The van der Waals surface area contributed by atoms with Crippen LogP contribution in [-0.2, 0) is 25.3 Å². The van der Waals surface area contributed by atoms with Crippen molar-refractivity contribution in [3.05, 3.63) is 46.4 Å². The molecule has 33 heavy (non-hydrogen) atoms. The van der Waals surface area contributed by atoms with E-state index in [0.29, 0.717) is 0 Å². The molecule has 2 rings (SSSR count). The summed E-state index contributed by atoms with van der Waals surface area (Å²) in [6.45, 7) is 4.59. The van der Waals surface area contributed by atoms with Crippen LogP contribution in [0.1, 0.15) is 45.7 Å². The third-order valence-electron chi connectivity index (χ3n) is 4.67. The van der Waals surface area contributed by atoms with Gasteiger partial charge in [-0.3, -0.25) is 14.4 Å². The van der Waals surface area contributed by atoms with Crippen molar-refractivity contribution >= 4 is 28.4 Å². The number of carbonyl (C=O) groups excluding carboxylic acids is 3. The van der Waals surface area contributed by atoms with E-state index < -0.39 is 59.3 Å². The van der Waals surface area contributed by atoms with Crippen molar-refractivity contribution in [1.82, 2.24) is 9.88 Å². The summed E-state index contributed by atoms with van der Waals surface area (Å²) in [4.78, 5) is 50.0. The Morgan fingerprint density at radius 2 is 1.76 bits per heavy atom. The van der Waals surface area contributed by atoms with Gasteiger partial charge in [-0.1, -0.05) is 6.92 Å². The summed E-state index contributed by atoms with van der Waals surface area (Å²) >= 11 is 0. The number of pyridine rings is 1. The smallest absolute Gasteiger partial charge is 0.416 e. The van der Waals surface area contributed by atoms with Crippen LogP contribution in [0.5, 0.6) is 0 Å². The first-order valence-electron chi connectivity index (χ1n) is 10.0. The highest BCUT2D eigenvalue weighted by Crippen LogP contribution is 2.31. The summed E-state index contributed by atoms with van der Waals surface area (Å²) in [7, 11) is 0. The highest BCUT2D eigenvalue weighted by molar-refractivity contribution is 6.06. The Hall–Kier alpha value is -3.24. The number of fused-ring (bicyclic) bond motifs is 1. The fraction of sp³-hybridized carbons (Fsp3) is 0.455.